The predicted molar refractivity (Wildman–Crippen MR) is 138 cm³/mol. The molecule has 3 aromatic carbocycles. The van der Waals surface area contributed by atoms with E-state index in [1.807, 2.05) is 48.5 Å². The molecule has 2 N–H and O–H groups in total. The third kappa shape index (κ3) is 5.34. The van der Waals surface area contributed by atoms with Gasteiger partial charge in [0.25, 0.3) is 0 Å². The summed E-state index contributed by atoms with van der Waals surface area (Å²) < 4.78 is 13.8. The fraction of sp³-hybridized carbons (Fsp3) is 0.233. The minimum Gasteiger partial charge on any atom is -0.382 e. The van der Waals surface area contributed by atoms with Crippen LogP contribution in [0.3, 0.4) is 0 Å². The molecule has 1 aliphatic rings. The van der Waals surface area contributed by atoms with Gasteiger partial charge in [-0.25, -0.2) is 14.4 Å². The molecule has 0 fully saturated rings. The number of aromatic nitrogens is 2. The lowest BCUT2D eigenvalue weighted by atomic mass is 9.91. The highest BCUT2D eigenvalue weighted by Gasteiger charge is 2.25. The number of anilines is 1. The summed E-state index contributed by atoms with van der Waals surface area (Å²) in [7, 11) is 0. The van der Waals surface area contributed by atoms with Gasteiger partial charge in [-0.05, 0) is 60.6 Å². The number of hydrogen-bond donors (Lipinski definition) is 2. The molecular formula is C30H28FN3O2. The van der Waals surface area contributed by atoms with Gasteiger partial charge < -0.3 is 10.4 Å². The summed E-state index contributed by atoms with van der Waals surface area (Å²) in [5.74, 6) is 0.206. The molecule has 1 unspecified atom stereocenters. The van der Waals surface area contributed by atoms with Gasteiger partial charge in [0.2, 0.25) is 0 Å². The molecule has 1 heterocycles. The third-order valence-electron chi connectivity index (χ3n) is 6.54. The number of halogens is 1. The normalized spacial score (nSPS) is 12.9. The van der Waals surface area contributed by atoms with Crippen molar-refractivity contribution in [2.45, 2.75) is 38.2 Å². The molecule has 0 bridgehead atoms. The second kappa shape index (κ2) is 10.8. The van der Waals surface area contributed by atoms with Gasteiger partial charge in [-0.1, -0.05) is 60.7 Å². The van der Waals surface area contributed by atoms with Crippen molar-refractivity contribution in [3.8, 4) is 11.3 Å². The Balaban J connectivity index is 1.38. The second-order valence-corrected chi connectivity index (χ2v) is 9.10. The number of rotatable bonds is 9. The Kier molecular flexibility index (Phi) is 7.14. The standard InChI is InChI=1S/C30H28FN3O2/c31-23-15-16-25-22(18-23)14-17-26-27(25)34-28(29(36)21-11-5-2-6-12-21)30(33-26)32-19-24(35)13-7-10-20-8-3-1-4-9-20/h1-6,8-9,11-12,15-16,18,29,36H,7,10,13-14,17,19H2,(H,32,33). The van der Waals surface area contributed by atoms with E-state index in [4.69, 9.17) is 9.97 Å². The largest absolute Gasteiger partial charge is 0.382 e. The van der Waals surface area contributed by atoms with Gasteiger partial charge >= 0.3 is 0 Å². The lowest BCUT2D eigenvalue weighted by Gasteiger charge is -2.23. The number of aliphatic hydroxyl groups is 1. The monoisotopic (exact) mass is 481 g/mol. The highest BCUT2D eigenvalue weighted by molar-refractivity contribution is 5.83. The minimum absolute atomic E-state index is 0.0754. The first kappa shape index (κ1) is 23.8. The predicted octanol–water partition coefficient (Wildman–Crippen LogP) is 5.47. The van der Waals surface area contributed by atoms with Gasteiger partial charge in [0, 0.05) is 12.0 Å². The van der Waals surface area contributed by atoms with Crippen LogP contribution in [0.2, 0.25) is 0 Å². The van der Waals surface area contributed by atoms with Gasteiger partial charge in [-0.15, -0.1) is 0 Å². The zero-order valence-electron chi connectivity index (χ0n) is 20.0. The highest BCUT2D eigenvalue weighted by atomic mass is 19.1. The van der Waals surface area contributed by atoms with Crippen LogP contribution in [0.25, 0.3) is 11.3 Å². The molecule has 5 nitrogen and oxygen atoms in total. The van der Waals surface area contributed by atoms with Crippen LogP contribution in [0.4, 0.5) is 10.2 Å². The number of carbonyl (C=O) groups excluding carboxylic acids is 1. The van der Waals surface area contributed by atoms with Crippen LogP contribution < -0.4 is 5.32 Å². The maximum atomic E-state index is 13.8. The lowest BCUT2D eigenvalue weighted by Crippen LogP contribution is -2.20. The lowest BCUT2D eigenvalue weighted by molar-refractivity contribution is -0.117. The number of nitrogens with one attached hydrogen (secondary N) is 1. The summed E-state index contributed by atoms with van der Waals surface area (Å²) in [6, 6.07) is 24.0. The van der Waals surface area contributed by atoms with Crippen molar-refractivity contribution < 1.29 is 14.3 Å². The molecule has 1 atom stereocenters. The molecule has 0 aliphatic heterocycles. The van der Waals surface area contributed by atoms with E-state index in [-0.39, 0.29) is 18.1 Å². The van der Waals surface area contributed by atoms with Crippen LogP contribution >= 0.6 is 0 Å². The summed E-state index contributed by atoms with van der Waals surface area (Å²) >= 11 is 0. The van der Waals surface area contributed by atoms with E-state index >= 15 is 0 Å². The number of benzene rings is 3. The highest BCUT2D eigenvalue weighted by Crippen LogP contribution is 2.35. The second-order valence-electron chi connectivity index (χ2n) is 9.10. The van der Waals surface area contributed by atoms with Crippen LogP contribution in [0.5, 0.6) is 0 Å². The van der Waals surface area contributed by atoms with Gasteiger partial charge in [-0.2, -0.15) is 0 Å². The summed E-state index contributed by atoms with van der Waals surface area (Å²) in [4.78, 5) is 22.3. The van der Waals surface area contributed by atoms with Crippen LogP contribution in [0.15, 0.2) is 78.9 Å². The van der Waals surface area contributed by atoms with Crippen molar-refractivity contribution >= 4 is 11.6 Å². The van der Waals surface area contributed by atoms with Gasteiger partial charge in [0.05, 0.1) is 17.9 Å². The molecule has 182 valence electrons. The average molecular weight is 482 g/mol. The summed E-state index contributed by atoms with van der Waals surface area (Å²) in [5.41, 5.74) is 5.39. The zero-order chi connectivity index (χ0) is 24.9. The first-order valence-electron chi connectivity index (χ1n) is 12.3. The Hall–Kier alpha value is -3.90. The van der Waals surface area contributed by atoms with Crippen molar-refractivity contribution in [2.24, 2.45) is 0 Å². The number of fused-ring (bicyclic) bond motifs is 3. The van der Waals surface area contributed by atoms with Crippen LogP contribution in [0.1, 0.15) is 47.0 Å². The average Bonchev–Trinajstić information content (AvgIpc) is 2.91. The molecule has 0 saturated carbocycles. The van der Waals surface area contributed by atoms with Crippen LogP contribution in [-0.2, 0) is 24.1 Å². The van der Waals surface area contributed by atoms with E-state index in [0.717, 1.165) is 29.7 Å². The fourth-order valence-corrected chi connectivity index (χ4v) is 4.65. The van der Waals surface area contributed by atoms with Gasteiger partial charge in [-0.3, -0.25) is 4.79 Å². The molecular weight excluding hydrogens is 453 g/mol. The number of nitrogens with zero attached hydrogens (tertiary/aromatic N) is 2. The Morgan fingerprint density at radius 3 is 2.50 bits per heavy atom. The van der Waals surface area contributed by atoms with E-state index in [1.54, 1.807) is 6.07 Å². The van der Waals surface area contributed by atoms with Gasteiger partial charge in [0.15, 0.2) is 11.6 Å². The Morgan fingerprint density at radius 2 is 1.72 bits per heavy atom. The molecule has 6 heteroatoms. The van der Waals surface area contributed by atoms with Crippen molar-refractivity contribution in [1.29, 1.82) is 0 Å². The SMILES string of the molecule is O=C(CCCc1ccccc1)CNc1nc2c(nc1C(O)c1ccccc1)-c1ccc(F)cc1CC2. The molecule has 0 saturated heterocycles. The molecule has 0 amide bonds. The number of hydrogen-bond acceptors (Lipinski definition) is 5. The number of aliphatic hydroxyl groups excluding tert-OH is 1. The quantitative estimate of drug-likeness (QED) is 0.332. The van der Waals surface area contributed by atoms with Crippen molar-refractivity contribution in [3.63, 3.8) is 0 Å². The van der Waals surface area contributed by atoms with E-state index in [2.05, 4.69) is 17.4 Å². The first-order valence-corrected chi connectivity index (χ1v) is 12.3. The van der Waals surface area contributed by atoms with Crippen molar-refractivity contribution in [2.75, 3.05) is 11.9 Å². The molecule has 1 aromatic heterocycles. The molecule has 1 aliphatic carbocycles. The van der Waals surface area contributed by atoms with Crippen molar-refractivity contribution in [1.82, 2.24) is 9.97 Å². The van der Waals surface area contributed by atoms with E-state index in [9.17, 15) is 14.3 Å². The van der Waals surface area contributed by atoms with E-state index < -0.39 is 6.10 Å². The zero-order valence-corrected chi connectivity index (χ0v) is 20.0. The topological polar surface area (TPSA) is 75.1 Å². The number of carbonyl (C=O) groups is 1. The minimum atomic E-state index is -1.02. The first-order chi connectivity index (χ1) is 17.6. The Labute approximate surface area is 210 Å². The Bertz CT molecular complexity index is 1360. The van der Waals surface area contributed by atoms with Crippen molar-refractivity contribution in [3.05, 3.63) is 113 Å². The van der Waals surface area contributed by atoms with Crippen LogP contribution in [-0.4, -0.2) is 27.4 Å². The number of Topliss-reactive ketones (excluding diaryl/α,β-unsaturated/α-hetero) is 1. The smallest absolute Gasteiger partial charge is 0.151 e. The molecule has 0 radical (unpaired) electrons. The van der Waals surface area contributed by atoms with E-state index in [0.29, 0.717) is 42.0 Å². The maximum absolute atomic E-state index is 13.8. The fourth-order valence-electron chi connectivity index (χ4n) is 4.65. The summed E-state index contributed by atoms with van der Waals surface area (Å²) in [6.45, 7) is 0.110. The summed E-state index contributed by atoms with van der Waals surface area (Å²) in [6.07, 6.45) is 2.32. The Morgan fingerprint density at radius 1 is 0.972 bits per heavy atom. The van der Waals surface area contributed by atoms with Crippen LogP contribution in [0, 0.1) is 5.82 Å². The van der Waals surface area contributed by atoms with Gasteiger partial charge in [0.1, 0.15) is 17.6 Å². The molecule has 5 rings (SSSR count). The third-order valence-corrected chi connectivity index (χ3v) is 6.54. The van der Waals surface area contributed by atoms with E-state index in [1.165, 1.54) is 17.7 Å². The molecule has 0 spiro atoms. The number of aryl methyl sites for hydroxylation is 3. The summed E-state index contributed by atoms with van der Waals surface area (Å²) in [5, 5.41) is 14.4. The number of ketones is 1. The molecule has 4 aromatic rings. The maximum Gasteiger partial charge on any atom is 0.151 e. The molecule has 36 heavy (non-hydrogen) atoms.